The summed E-state index contributed by atoms with van der Waals surface area (Å²) in [4.78, 5) is 4.35. The minimum atomic E-state index is 0.512. The molecule has 6 nitrogen and oxygen atoms in total. The molecule has 0 aliphatic carbocycles. The lowest BCUT2D eigenvalue weighted by molar-refractivity contribution is 0.488. The predicted octanol–water partition coefficient (Wildman–Crippen LogP) is 2.00. The zero-order valence-electron chi connectivity index (χ0n) is 9.91. The third kappa shape index (κ3) is 1.72. The van der Waals surface area contributed by atoms with E-state index in [0.717, 1.165) is 11.0 Å². The van der Waals surface area contributed by atoms with Gasteiger partial charge in [0.15, 0.2) is 10.7 Å². The zero-order chi connectivity index (χ0) is 12.7. The van der Waals surface area contributed by atoms with Crippen LogP contribution in [0.2, 0.25) is 0 Å². The van der Waals surface area contributed by atoms with Crippen molar-refractivity contribution in [3.8, 4) is 0 Å². The molecule has 0 saturated carbocycles. The van der Waals surface area contributed by atoms with E-state index in [2.05, 4.69) is 15.2 Å². The number of aryl methyl sites for hydroxylation is 1. The van der Waals surface area contributed by atoms with E-state index in [4.69, 9.17) is 10.2 Å². The van der Waals surface area contributed by atoms with Gasteiger partial charge in [0.2, 0.25) is 0 Å². The van der Waals surface area contributed by atoms with Crippen molar-refractivity contribution in [3.63, 3.8) is 0 Å². The molecule has 0 atom stereocenters. The van der Waals surface area contributed by atoms with E-state index < -0.39 is 0 Å². The fourth-order valence-electron chi connectivity index (χ4n) is 1.55. The van der Waals surface area contributed by atoms with E-state index in [-0.39, 0.29) is 0 Å². The van der Waals surface area contributed by atoms with E-state index >= 15 is 0 Å². The van der Waals surface area contributed by atoms with E-state index in [9.17, 15) is 0 Å². The van der Waals surface area contributed by atoms with Crippen molar-refractivity contribution >= 4 is 28.5 Å². The molecule has 3 aromatic rings. The normalized spacial score (nSPS) is 11.2. The number of fused-ring (bicyclic) bond motifs is 1. The molecule has 0 fully saturated rings. The highest BCUT2D eigenvalue weighted by Gasteiger charge is 2.13. The van der Waals surface area contributed by atoms with Crippen LogP contribution in [0.5, 0.6) is 0 Å². The number of oxazole rings is 1. The number of hydrogen-bond acceptors (Lipinski definition) is 6. The Morgan fingerprint density at radius 3 is 2.83 bits per heavy atom. The average Bonchev–Trinajstić information content (AvgIpc) is 2.89. The molecule has 0 unspecified atom stereocenters. The third-order valence-electron chi connectivity index (χ3n) is 2.66. The average molecular weight is 261 g/mol. The summed E-state index contributed by atoms with van der Waals surface area (Å²) in [5.41, 5.74) is 7.80. The summed E-state index contributed by atoms with van der Waals surface area (Å²) in [6.07, 6.45) is 0. The minimum Gasteiger partial charge on any atom is -0.431 e. The lowest BCUT2D eigenvalue weighted by Gasteiger charge is -1.96. The molecule has 3 rings (SSSR count). The second-order valence-corrected chi connectivity index (χ2v) is 4.78. The molecule has 2 heterocycles. The van der Waals surface area contributed by atoms with Crippen molar-refractivity contribution in [2.75, 3.05) is 5.73 Å². The molecule has 92 valence electrons. The Morgan fingerprint density at radius 1 is 1.33 bits per heavy atom. The number of nitrogen functional groups attached to an aromatic ring is 1. The molecule has 2 aromatic heterocycles. The maximum Gasteiger partial charge on any atom is 0.264 e. The summed E-state index contributed by atoms with van der Waals surface area (Å²) in [5.74, 6) is 0.841. The quantitative estimate of drug-likeness (QED) is 0.710. The first-order valence-corrected chi connectivity index (χ1v) is 6.15. The molecule has 0 aliphatic rings. The molecule has 0 spiro atoms. The fraction of sp³-hybridized carbons (Fsp3) is 0.182. The van der Waals surface area contributed by atoms with Crippen molar-refractivity contribution in [2.45, 2.75) is 17.3 Å². The molecule has 18 heavy (non-hydrogen) atoms. The highest BCUT2D eigenvalue weighted by Crippen LogP contribution is 2.30. The van der Waals surface area contributed by atoms with Gasteiger partial charge in [-0.15, -0.1) is 10.2 Å². The van der Waals surface area contributed by atoms with Gasteiger partial charge < -0.3 is 14.7 Å². The molecule has 0 bridgehead atoms. The van der Waals surface area contributed by atoms with Gasteiger partial charge in [-0.3, -0.25) is 0 Å². The van der Waals surface area contributed by atoms with Crippen molar-refractivity contribution < 1.29 is 4.42 Å². The number of rotatable bonds is 2. The molecular weight excluding hydrogens is 250 g/mol. The van der Waals surface area contributed by atoms with Crippen LogP contribution in [-0.2, 0) is 7.05 Å². The van der Waals surface area contributed by atoms with Crippen LogP contribution in [0.1, 0.15) is 5.82 Å². The van der Waals surface area contributed by atoms with Gasteiger partial charge in [-0.2, -0.15) is 0 Å². The number of aromatic nitrogens is 4. The van der Waals surface area contributed by atoms with Crippen molar-refractivity contribution in [1.82, 2.24) is 19.7 Å². The number of hydrogen-bond donors (Lipinski definition) is 1. The second kappa shape index (κ2) is 4.02. The van der Waals surface area contributed by atoms with E-state index in [1.807, 2.05) is 30.7 Å². The largest absolute Gasteiger partial charge is 0.431 e. The monoisotopic (exact) mass is 261 g/mol. The highest BCUT2D eigenvalue weighted by atomic mass is 32.2. The standard InChI is InChI=1S/C11H11N5OS/c1-6-14-15-10(16(6)2)18-11-13-9-7(12)4-3-5-8(9)17-11/h3-5H,12H2,1-2H3. The molecule has 0 aliphatic heterocycles. The molecule has 0 saturated heterocycles. The van der Waals surface area contributed by atoms with Gasteiger partial charge in [0.1, 0.15) is 11.3 Å². The van der Waals surface area contributed by atoms with E-state index in [1.165, 1.54) is 11.8 Å². The molecule has 2 N–H and O–H groups in total. The molecule has 1 aromatic carbocycles. The molecule has 0 amide bonds. The van der Waals surface area contributed by atoms with Crippen LogP contribution in [0.4, 0.5) is 5.69 Å². The van der Waals surface area contributed by atoms with Gasteiger partial charge in [-0.05, 0) is 19.1 Å². The van der Waals surface area contributed by atoms with Gasteiger partial charge in [-0.1, -0.05) is 6.07 Å². The number of anilines is 1. The van der Waals surface area contributed by atoms with Crippen LogP contribution in [0.25, 0.3) is 11.1 Å². The van der Waals surface area contributed by atoms with Crippen molar-refractivity contribution in [2.24, 2.45) is 7.05 Å². The second-order valence-electron chi connectivity index (χ2n) is 3.86. The van der Waals surface area contributed by atoms with Crippen LogP contribution in [0, 0.1) is 6.92 Å². The number of benzene rings is 1. The summed E-state index contributed by atoms with van der Waals surface area (Å²) >= 11 is 1.33. The SMILES string of the molecule is Cc1nnc(Sc2nc3c(N)cccc3o2)n1C. The van der Waals surface area contributed by atoms with Gasteiger partial charge in [0, 0.05) is 18.8 Å². The van der Waals surface area contributed by atoms with Crippen LogP contribution < -0.4 is 5.73 Å². The van der Waals surface area contributed by atoms with Crippen molar-refractivity contribution in [1.29, 1.82) is 0 Å². The highest BCUT2D eigenvalue weighted by molar-refractivity contribution is 7.99. The van der Waals surface area contributed by atoms with Gasteiger partial charge in [-0.25, -0.2) is 4.98 Å². The fourth-order valence-corrected chi connectivity index (χ4v) is 2.32. The summed E-state index contributed by atoms with van der Waals surface area (Å²) in [6, 6.07) is 5.47. The lowest BCUT2D eigenvalue weighted by Crippen LogP contribution is -1.93. The maximum atomic E-state index is 5.83. The molecule has 7 heteroatoms. The van der Waals surface area contributed by atoms with Gasteiger partial charge in [0.05, 0.1) is 5.69 Å². The summed E-state index contributed by atoms with van der Waals surface area (Å²) in [5, 5.41) is 9.28. The number of nitrogens with two attached hydrogens (primary N) is 1. The first-order valence-electron chi connectivity index (χ1n) is 5.34. The Labute approximate surface area is 107 Å². The zero-order valence-corrected chi connectivity index (χ0v) is 10.7. The van der Waals surface area contributed by atoms with Gasteiger partial charge >= 0.3 is 0 Å². The van der Waals surface area contributed by atoms with Crippen LogP contribution in [0.15, 0.2) is 33.0 Å². The first-order chi connectivity index (χ1) is 8.65. The molecular formula is C11H11N5OS. The number of para-hydroxylation sites is 1. The topological polar surface area (TPSA) is 82.8 Å². The summed E-state index contributed by atoms with van der Waals surface area (Å²) in [6.45, 7) is 1.89. The number of nitrogens with zero attached hydrogens (tertiary/aromatic N) is 4. The Hall–Kier alpha value is -2.02. The minimum absolute atomic E-state index is 0.512. The first kappa shape index (κ1) is 11.1. The van der Waals surface area contributed by atoms with Crippen LogP contribution >= 0.6 is 11.8 Å². The Balaban J connectivity index is 2.00. The third-order valence-corrected chi connectivity index (χ3v) is 3.55. The smallest absolute Gasteiger partial charge is 0.264 e. The maximum absolute atomic E-state index is 5.83. The van der Waals surface area contributed by atoms with Crippen LogP contribution in [-0.4, -0.2) is 19.7 Å². The van der Waals surface area contributed by atoms with E-state index in [0.29, 0.717) is 22.0 Å². The Kier molecular flexibility index (Phi) is 2.48. The van der Waals surface area contributed by atoms with Crippen molar-refractivity contribution in [3.05, 3.63) is 24.0 Å². The Morgan fingerprint density at radius 2 is 2.17 bits per heavy atom. The van der Waals surface area contributed by atoms with E-state index in [1.54, 1.807) is 6.07 Å². The predicted molar refractivity (Wildman–Crippen MR) is 68.3 cm³/mol. The summed E-state index contributed by atoms with van der Waals surface area (Å²) < 4.78 is 7.49. The lowest BCUT2D eigenvalue weighted by atomic mass is 10.3. The Bertz CT molecular complexity index is 717. The van der Waals surface area contributed by atoms with Gasteiger partial charge in [0.25, 0.3) is 5.22 Å². The summed E-state index contributed by atoms with van der Waals surface area (Å²) in [7, 11) is 1.90. The van der Waals surface area contributed by atoms with Crippen LogP contribution in [0.3, 0.4) is 0 Å². The molecule has 0 radical (unpaired) electrons.